The Kier molecular flexibility index (Phi) is 6.81. The Bertz CT molecular complexity index is 2370. The Morgan fingerprint density at radius 3 is 1.61 bits per heavy atom. The summed E-state index contributed by atoms with van der Waals surface area (Å²) in [5.41, 5.74) is 14.4. The number of hydrogen-bond acceptors (Lipinski definition) is 1. The summed E-state index contributed by atoms with van der Waals surface area (Å²) in [6.07, 6.45) is 0. The third kappa shape index (κ3) is 4.64. The van der Waals surface area contributed by atoms with E-state index in [1.54, 1.807) is 10.4 Å². The van der Waals surface area contributed by atoms with E-state index in [2.05, 4.69) is 195 Å². The summed E-state index contributed by atoms with van der Waals surface area (Å²) in [6, 6.07) is 61.1. The lowest BCUT2D eigenvalue weighted by molar-refractivity contribution is 1.29. The van der Waals surface area contributed by atoms with Gasteiger partial charge in [-0.15, -0.1) is 0 Å². The average Bonchev–Trinajstić information content (AvgIpc) is 3.52. The van der Waals surface area contributed by atoms with Crippen LogP contribution < -0.4 is 25.6 Å². The fourth-order valence-electron chi connectivity index (χ4n) is 8.58. The molecule has 0 atom stereocenters. The molecule has 0 saturated heterocycles. The third-order valence-corrected chi connectivity index (χ3v) is 18.1. The summed E-state index contributed by atoms with van der Waals surface area (Å²) in [5, 5.41) is 6.14. The van der Waals surface area contributed by atoms with Crippen LogP contribution in [0.5, 0.6) is 0 Å². The number of nitrogens with zero attached hydrogens (tertiary/aromatic N) is 1. The molecule has 2 aliphatic heterocycles. The molecule has 0 amide bonds. The number of benzene rings is 7. The van der Waals surface area contributed by atoms with Gasteiger partial charge in [0.2, 0.25) is 0 Å². The van der Waals surface area contributed by atoms with Crippen molar-refractivity contribution in [1.82, 2.24) is 0 Å². The van der Waals surface area contributed by atoms with Gasteiger partial charge in [0.15, 0.2) is 0 Å². The summed E-state index contributed by atoms with van der Waals surface area (Å²) in [7, 11) is -3.78. The fourth-order valence-corrected chi connectivity index (χ4v) is 15.1. The van der Waals surface area contributed by atoms with Gasteiger partial charge >= 0.3 is 0 Å². The van der Waals surface area contributed by atoms with Crippen LogP contribution in [0.3, 0.4) is 0 Å². The van der Waals surface area contributed by atoms with E-state index in [0.717, 1.165) is 0 Å². The lowest BCUT2D eigenvalue weighted by Gasteiger charge is -2.28. The van der Waals surface area contributed by atoms with Gasteiger partial charge in [-0.05, 0) is 102 Å². The highest BCUT2D eigenvalue weighted by molar-refractivity contribution is 7.05. The first-order valence-corrected chi connectivity index (χ1v) is 23.4. The molecule has 7 aromatic carbocycles. The van der Waals surface area contributed by atoms with E-state index in [4.69, 9.17) is 0 Å². The van der Waals surface area contributed by atoms with Gasteiger partial charge in [-0.1, -0.05) is 154 Å². The van der Waals surface area contributed by atoms with E-state index < -0.39 is 16.1 Å². The van der Waals surface area contributed by atoms with Crippen molar-refractivity contribution in [2.75, 3.05) is 4.90 Å². The number of para-hydroxylation sites is 1. The number of anilines is 3. The second kappa shape index (κ2) is 11.2. The molecule has 3 heteroatoms. The van der Waals surface area contributed by atoms with E-state index in [0.29, 0.717) is 0 Å². The summed E-state index contributed by atoms with van der Waals surface area (Å²) in [4.78, 5) is 2.43. The van der Waals surface area contributed by atoms with Gasteiger partial charge in [-0.25, -0.2) is 0 Å². The first kappa shape index (κ1) is 29.9. The predicted octanol–water partition coefficient (Wildman–Crippen LogP) is 10.1. The third-order valence-electron chi connectivity index (χ3n) is 11.1. The maximum Gasteiger partial charge on any atom is 0.114 e. The van der Waals surface area contributed by atoms with Crippen molar-refractivity contribution in [3.63, 3.8) is 0 Å². The van der Waals surface area contributed by atoms with E-state index in [1.807, 2.05) is 0 Å². The van der Waals surface area contributed by atoms with Gasteiger partial charge in [0.25, 0.3) is 0 Å². The molecular formula is C46H39NSi2. The van der Waals surface area contributed by atoms with Crippen LogP contribution in [0.25, 0.3) is 44.5 Å². The minimum Gasteiger partial charge on any atom is -0.311 e. The lowest BCUT2D eigenvalue weighted by atomic mass is 9.98. The SMILES string of the molecule is C[Si]1(C)c2cc(-c3ccccc3)ccc2-c2ccc(N(c3ccccc3)c3ccc(-c4cccc5c4[Si](C)(C)c4ccccc4-5)cc3)cc21. The predicted molar refractivity (Wildman–Crippen MR) is 216 cm³/mol. The molecule has 0 N–H and O–H groups in total. The molecule has 0 fully saturated rings. The van der Waals surface area contributed by atoms with Crippen LogP contribution in [0.2, 0.25) is 26.2 Å². The Labute approximate surface area is 292 Å². The van der Waals surface area contributed by atoms with Crippen LogP contribution >= 0.6 is 0 Å². The Morgan fingerprint density at radius 1 is 0.327 bits per heavy atom. The van der Waals surface area contributed by atoms with Gasteiger partial charge in [0.1, 0.15) is 16.1 Å². The molecule has 2 heterocycles. The summed E-state index contributed by atoms with van der Waals surface area (Å²) in [6.45, 7) is 10.0. The maximum absolute atomic E-state index is 2.51. The van der Waals surface area contributed by atoms with Crippen LogP contribution in [-0.2, 0) is 0 Å². The highest BCUT2D eigenvalue weighted by Crippen LogP contribution is 2.40. The highest BCUT2D eigenvalue weighted by Gasteiger charge is 2.40. The fraction of sp³-hybridized carbons (Fsp3) is 0.0870. The summed E-state index contributed by atoms with van der Waals surface area (Å²) < 4.78 is 0. The van der Waals surface area contributed by atoms with E-state index in [9.17, 15) is 0 Å². The average molecular weight is 662 g/mol. The van der Waals surface area contributed by atoms with E-state index >= 15 is 0 Å². The second-order valence-corrected chi connectivity index (χ2v) is 23.2. The zero-order valence-corrected chi connectivity index (χ0v) is 30.5. The van der Waals surface area contributed by atoms with Crippen LogP contribution in [0, 0.1) is 0 Å². The van der Waals surface area contributed by atoms with Gasteiger partial charge in [-0.2, -0.15) is 0 Å². The topological polar surface area (TPSA) is 3.24 Å². The molecule has 2 aliphatic rings. The Hall–Kier alpha value is -5.23. The highest BCUT2D eigenvalue weighted by atomic mass is 28.3. The maximum atomic E-state index is 2.51. The van der Waals surface area contributed by atoms with Crippen LogP contribution in [0.4, 0.5) is 17.1 Å². The Balaban J connectivity index is 1.12. The van der Waals surface area contributed by atoms with Crippen molar-refractivity contribution >= 4 is 54.0 Å². The summed E-state index contributed by atoms with van der Waals surface area (Å²) in [5.74, 6) is 0. The zero-order chi connectivity index (χ0) is 33.3. The standard InChI is InChI=1S/C46H39NSi2/c1-48(2)44-30-34(32-14-7-5-8-15-32)24-28-40(44)41-29-27-37(31-45(41)48)47(35-16-9-6-10-17-35)36-25-22-33(23-26-36)38-19-13-20-42-39-18-11-12-21-43(39)49(3,4)46(38)42/h5-31H,1-4H3. The van der Waals surface area contributed by atoms with Crippen molar-refractivity contribution < 1.29 is 0 Å². The first-order valence-electron chi connectivity index (χ1n) is 17.4. The quantitative estimate of drug-likeness (QED) is 0.166. The van der Waals surface area contributed by atoms with Crippen LogP contribution in [0.15, 0.2) is 164 Å². The van der Waals surface area contributed by atoms with Gasteiger partial charge in [-0.3, -0.25) is 0 Å². The van der Waals surface area contributed by atoms with Crippen molar-refractivity contribution in [2.24, 2.45) is 0 Å². The van der Waals surface area contributed by atoms with Crippen molar-refractivity contribution in [1.29, 1.82) is 0 Å². The van der Waals surface area contributed by atoms with Crippen molar-refractivity contribution in [3.05, 3.63) is 164 Å². The van der Waals surface area contributed by atoms with Gasteiger partial charge < -0.3 is 4.90 Å². The van der Waals surface area contributed by atoms with E-state index in [1.165, 1.54) is 71.9 Å². The van der Waals surface area contributed by atoms with Gasteiger partial charge in [0.05, 0.1) is 0 Å². The zero-order valence-electron chi connectivity index (χ0n) is 28.5. The molecule has 0 bridgehead atoms. The normalized spacial score (nSPS) is 14.4. The first-order chi connectivity index (χ1) is 23.8. The lowest BCUT2D eigenvalue weighted by Crippen LogP contribution is -2.50. The molecule has 0 aromatic heterocycles. The van der Waals surface area contributed by atoms with Crippen molar-refractivity contribution in [2.45, 2.75) is 26.2 Å². The number of rotatable bonds is 5. The largest absolute Gasteiger partial charge is 0.311 e. The molecular weight excluding hydrogens is 623 g/mol. The van der Waals surface area contributed by atoms with E-state index in [-0.39, 0.29) is 0 Å². The molecule has 0 radical (unpaired) electrons. The molecule has 7 aromatic rings. The summed E-state index contributed by atoms with van der Waals surface area (Å²) >= 11 is 0. The molecule has 1 nitrogen and oxygen atoms in total. The number of fused-ring (bicyclic) bond motifs is 6. The molecule has 0 aliphatic carbocycles. The molecule has 0 saturated carbocycles. The molecule has 49 heavy (non-hydrogen) atoms. The van der Waals surface area contributed by atoms with Crippen molar-refractivity contribution in [3.8, 4) is 44.5 Å². The second-order valence-electron chi connectivity index (χ2n) is 14.6. The monoisotopic (exact) mass is 661 g/mol. The van der Waals surface area contributed by atoms with Crippen LogP contribution in [0.1, 0.15) is 0 Å². The molecule has 236 valence electrons. The molecule has 0 unspecified atom stereocenters. The molecule has 9 rings (SSSR count). The molecule has 0 spiro atoms. The number of hydrogen-bond donors (Lipinski definition) is 0. The smallest absolute Gasteiger partial charge is 0.114 e. The Morgan fingerprint density at radius 2 is 0.857 bits per heavy atom. The van der Waals surface area contributed by atoms with Gasteiger partial charge in [0, 0.05) is 17.1 Å². The van der Waals surface area contributed by atoms with Crippen LogP contribution in [-0.4, -0.2) is 16.1 Å². The minimum absolute atomic E-state index is 1.17. The minimum atomic E-state index is -1.95.